The van der Waals surface area contributed by atoms with Crippen molar-refractivity contribution in [3.63, 3.8) is 0 Å². The predicted octanol–water partition coefficient (Wildman–Crippen LogP) is 0.478. The van der Waals surface area contributed by atoms with Gasteiger partial charge in [-0.25, -0.2) is 5.01 Å². The lowest BCUT2D eigenvalue weighted by Gasteiger charge is -2.44. The molecule has 2 atom stereocenters. The third-order valence-corrected chi connectivity index (χ3v) is 2.75. The summed E-state index contributed by atoms with van der Waals surface area (Å²) in [6.45, 7) is 4.55. The molecule has 0 amide bonds. The molecule has 4 nitrogen and oxygen atoms in total. The average molecular weight is 186 g/mol. The second-order valence-electron chi connectivity index (χ2n) is 4.05. The van der Waals surface area contributed by atoms with Crippen LogP contribution >= 0.6 is 0 Å². The summed E-state index contributed by atoms with van der Waals surface area (Å²) < 4.78 is 11.5. The van der Waals surface area contributed by atoms with Crippen molar-refractivity contribution in [3.05, 3.63) is 0 Å². The van der Waals surface area contributed by atoms with Crippen LogP contribution in [0.15, 0.2) is 0 Å². The molecule has 2 aliphatic rings. The average Bonchev–Trinajstić information content (AvgIpc) is 2.02. The molecular formula is C9H18N2O2. The van der Waals surface area contributed by atoms with E-state index in [0.717, 1.165) is 32.4 Å². The molecule has 0 aromatic rings. The zero-order valence-corrected chi connectivity index (χ0v) is 8.16. The van der Waals surface area contributed by atoms with Crippen molar-refractivity contribution in [3.8, 4) is 0 Å². The van der Waals surface area contributed by atoms with E-state index in [1.165, 1.54) is 0 Å². The van der Waals surface area contributed by atoms with Gasteiger partial charge in [-0.3, -0.25) is 5.84 Å². The van der Waals surface area contributed by atoms with E-state index in [-0.39, 0.29) is 0 Å². The zero-order chi connectivity index (χ0) is 9.31. The molecule has 2 rings (SSSR count). The number of piperidine rings is 1. The van der Waals surface area contributed by atoms with Crippen LogP contribution in [-0.4, -0.2) is 36.6 Å². The summed E-state index contributed by atoms with van der Waals surface area (Å²) in [6.07, 6.45) is 3.33. The van der Waals surface area contributed by atoms with Crippen LogP contribution in [0.5, 0.6) is 0 Å². The van der Waals surface area contributed by atoms with Gasteiger partial charge in [-0.1, -0.05) is 0 Å². The van der Waals surface area contributed by atoms with Gasteiger partial charge in [-0.2, -0.15) is 0 Å². The van der Waals surface area contributed by atoms with Gasteiger partial charge in [0.25, 0.3) is 0 Å². The standard InChI is InChI=1S/C9H18N2O2/c1-8-3-6-12-9(13-8)4-2-5-11(10)7-9/h8H,2-7,10H2,1H3. The fourth-order valence-electron chi connectivity index (χ4n) is 2.10. The van der Waals surface area contributed by atoms with Crippen LogP contribution in [0.3, 0.4) is 0 Å². The maximum Gasteiger partial charge on any atom is 0.182 e. The normalized spacial score (nSPS) is 42.5. The molecule has 2 saturated heterocycles. The minimum absolute atomic E-state index is 0.306. The van der Waals surface area contributed by atoms with Crippen LogP contribution in [0.2, 0.25) is 0 Å². The van der Waals surface area contributed by atoms with Crippen molar-refractivity contribution >= 4 is 0 Å². The Bertz CT molecular complexity index is 166. The Balaban J connectivity index is 2.00. The summed E-state index contributed by atoms with van der Waals surface area (Å²) in [5.74, 6) is 5.36. The molecular weight excluding hydrogens is 168 g/mol. The molecule has 2 N–H and O–H groups in total. The molecule has 13 heavy (non-hydrogen) atoms. The molecule has 2 fully saturated rings. The van der Waals surface area contributed by atoms with Crippen molar-refractivity contribution in [2.24, 2.45) is 5.84 Å². The molecule has 4 heteroatoms. The number of nitrogens with two attached hydrogens (primary N) is 1. The molecule has 2 unspecified atom stereocenters. The Morgan fingerprint density at radius 1 is 1.54 bits per heavy atom. The van der Waals surface area contributed by atoms with Gasteiger partial charge in [0.15, 0.2) is 5.79 Å². The lowest BCUT2D eigenvalue weighted by Crippen LogP contribution is -2.57. The van der Waals surface area contributed by atoms with Gasteiger partial charge >= 0.3 is 0 Å². The fraction of sp³-hybridized carbons (Fsp3) is 1.00. The van der Waals surface area contributed by atoms with Gasteiger partial charge in [0, 0.05) is 13.0 Å². The van der Waals surface area contributed by atoms with Gasteiger partial charge in [0.1, 0.15) is 0 Å². The van der Waals surface area contributed by atoms with Crippen molar-refractivity contribution < 1.29 is 9.47 Å². The highest BCUT2D eigenvalue weighted by atomic mass is 16.7. The Morgan fingerprint density at radius 2 is 2.38 bits per heavy atom. The lowest BCUT2D eigenvalue weighted by atomic mass is 10.0. The number of hydrazine groups is 1. The summed E-state index contributed by atoms with van der Waals surface area (Å²) in [5.41, 5.74) is 0. The number of ether oxygens (including phenoxy) is 2. The zero-order valence-electron chi connectivity index (χ0n) is 8.16. The molecule has 76 valence electrons. The minimum Gasteiger partial charge on any atom is -0.348 e. The second kappa shape index (κ2) is 3.53. The van der Waals surface area contributed by atoms with Crippen molar-refractivity contribution in [2.75, 3.05) is 19.7 Å². The third-order valence-electron chi connectivity index (χ3n) is 2.75. The lowest BCUT2D eigenvalue weighted by molar-refractivity contribution is -0.306. The Labute approximate surface area is 78.9 Å². The number of rotatable bonds is 0. The molecule has 0 aliphatic carbocycles. The first kappa shape index (κ1) is 9.40. The van der Waals surface area contributed by atoms with E-state index < -0.39 is 5.79 Å². The highest BCUT2D eigenvalue weighted by Gasteiger charge is 2.40. The van der Waals surface area contributed by atoms with Gasteiger partial charge in [-0.15, -0.1) is 0 Å². The first-order valence-electron chi connectivity index (χ1n) is 5.02. The quantitative estimate of drug-likeness (QED) is 0.559. The molecule has 0 radical (unpaired) electrons. The highest BCUT2D eigenvalue weighted by molar-refractivity contribution is 4.82. The summed E-state index contributed by atoms with van der Waals surface area (Å²) in [7, 11) is 0. The fourth-order valence-corrected chi connectivity index (χ4v) is 2.10. The summed E-state index contributed by atoms with van der Waals surface area (Å²) >= 11 is 0. The van der Waals surface area contributed by atoms with Crippen LogP contribution in [0.4, 0.5) is 0 Å². The SMILES string of the molecule is CC1CCOC2(CCCN(N)C2)O1. The van der Waals surface area contributed by atoms with Gasteiger partial charge in [-0.05, 0) is 19.8 Å². The minimum atomic E-state index is -0.398. The van der Waals surface area contributed by atoms with Crippen molar-refractivity contribution in [1.82, 2.24) is 5.01 Å². The van der Waals surface area contributed by atoms with Crippen molar-refractivity contribution in [2.45, 2.75) is 38.1 Å². The Kier molecular flexibility index (Phi) is 2.55. The monoisotopic (exact) mass is 186 g/mol. The maximum atomic E-state index is 5.84. The third kappa shape index (κ3) is 2.02. The Hall–Kier alpha value is -0.160. The number of hydrogen-bond acceptors (Lipinski definition) is 4. The van der Waals surface area contributed by atoms with Gasteiger partial charge in [0.2, 0.25) is 0 Å². The maximum absolute atomic E-state index is 5.84. The van der Waals surface area contributed by atoms with Crippen LogP contribution in [-0.2, 0) is 9.47 Å². The van der Waals surface area contributed by atoms with Crippen LogP contribution in [0.25, 0.3) is 0 Å². The van der Waals surface area contributed by atoms with Crippen LogP contribution in [0.1, 0.15) is 26.2 Å². The van der Waals surface area contributed by atoms with E-state index >= 15 is 0 Å². The van der Waals surface area contributed by atoms with E-state index in [9.17, 15) is 0 Å². The highest BCUT2D eigenvalue weighted by Crippen LogP contribution is 2.30. The van der Waals surface area contributed by atoms with Gasteiger partial charge in [0.05, 0.1) is 19.3 Å². The number of nitrogens with zero attached hydrogens (tertiary/aromatic N) is 1. The smallest absolute Gasteiger partial charge is 0.182 e. The Morgan fingerprint density at radius 3 is 3.08 bits per heavy atom. The summed E-state index contributed by atoms with van der Waals surface area (Å²) in [4.78, 5) is 0. The molecule has 0 saturated carbocycles. The first-order chi connectivity index (χ1) is 6.20. The molecule has 1 spiro atoms. The molecule has 0 aromatic heterocycles. The van der Waals surface area contributed by atoms with E-state index in [4.69, 9.17) is 15.3 Å². The summed E-state index contributed by atoms with van der Waals surface area (Å²) in [6, 6.07) is 0. The topological polar surface area (TPSA) is 47.7 Å². The van der Waals surface area contributed by atoms with E-state index in [2.05, 4.69) is 6.92 Å². The van der Waals surface area contributed by atoms with Crippen LogP contribution in [0, 0.1) is 0 Å². The van der Waals surface area contributed by atoms with E-state index in [0.29, 0.717) is 12.6 Å². The summed E-state index contributed by atoms with van der Waals surface area (Å²) in [5, 5.41) is 1.79. The first-order valence-corrected chi connectivity index (χ1v) is 5.02. The molecule has 2 aliphatic heterocycles. The molecule has 0 bridgehead atoms. The second-order valence-corrected chi connectivity index (χ2v) is 4.05. The van der Waals surface area contributed by atoms with E-state index in [1.54, 1.807) is 5.01 Å². The predicted molar refractivity (Wildman–Crippen MR) is 48.8 cm³/mol. The number of hydrogen-bond donors (Lipinski definition) is 1. The molecule has 2 heterocycles. The van der Waals surface area contributed by atoms with Gasteiger partial charge < -0.3 is 9.47 Å². The largest absolute Gasteiger partial charge is 0.348 e. The van der Waals surface area contributed by atoms with Crippen molar-refractivity contribution in [1.29, 1.82) is 0 Å². The van der Waals surface area contributed by atoms with E-state index in [1.807, 2.05) is 0 Å². The van der Waals surface area contributed by atoms with Crippen LogP contribution < -0.4 is 5.84 Å². The molecule has 0 aromatic carbocycles.